The van der Waals surface area contributed by atoms with Gasteiger partial charge in [0.25, 0.3) is 17.7 Å². The Kier molecular flexibility index (Phi) is 6.88. The van der Waals surface area contributed by atoms with Gasteiger partial charge in [-0.25, -0.2) is 4.79 Å². The summed E-state index contributed by atoms with van der Waals surface area (Å²) in [6.45, 7) is 8.62. The van der Waals surface area contributed by atoms with Gasteiger partial charge >= 0.3 is 5.97 Å². The van der Waals surface area contributed by atoms with Gasteiger partial charge in [-0.3, -0.25) is 24.2 Å². The quantitative estimate of drug-likeness (QED) is 0.357. The number of carbonyl (C=O) groups is 4. The Morgan fingerprint density at radius 2 is 1.68 bits per heavy atom. The highest BCUT2D eigenvalue weighted by Crippen LogP contribution is 2.24. The summed E-state index contributed by atoms with van der Waals surface area (Å²) in [5.74, 6) is -1.87. The molecule has 1 fully saturated rings. The Labute approximate surface area is 198 Å². The van der Waals surface area contributed by atoms with Gasteiger partial charge in [-0.1, -0.05) is 36.4 Å². The number of nitrogens with zero attached hydrogens (tertiary/aromatic N) is 3. The van der Waals surface area contributed by atoms with Crippen LogP contribution in [-0.4, -0.2) is 77.2 Å². The number of esters is 1. The Hall–Kier alpha value is -3.78. The zero-order valence-electron chi connectivity index (χ0n) is 19.1. The van der Waals surface area contributed by atoms with E-state index in [4.69, 9.17) is 4.74 Å². The SMILES string of the molecule is C=CCN1C(=O)c2ccc(C(=O)O[C@@H](C)C(=O)N3CCN(Cc4ccccc4)CC3)cc2C1=O. The molecule has 2 aromatic carbocycles. The number of benzene rings is 2. The molecule has 176 valence electrons. The van der Waals surface area contributed by atoms with Crippen LogP contribution >= 0.6 is 0 Å². The van der Waals surface area contributed by atoms with Gasteiger partial charge < -0.3 is 9.64 Å². The molecule has 0 aliphatic carbocycles. The molecule has 8 nitrogen and oxygen atoms in total. The molecule has 3 amide bonds. The molecule has 0 aromatic heterocycles. The number of hydrogen-bond donors (Lipinski definition) is 0. The van der Waals surface area contributed by atoms with Crippen molar-refractivity contribution in [2.75, 3.05) is 32.7 Å². The molecule has 1 atom stereocenters. The van der Waals surface area contributed by atoms with Crippen LogP contribution in [0.2, 0.25) is 0 Å². The number of fused-ring (bicyclic) bond motifs is 1. The van der Waals surface area contributed by atoms with Crippen LogP contribution in [0.5, 0.6) is 0 Å². The van der Waals surface area contributed by atoms with Crippen molar-refractivity contribution in [2.45, 2.75) is 19.6 Å². The monoisotopic (exact) mass is 461 g/mol. The van der Waals surface area contributed by atoms with E-state index in [1.54, 1.807) is 11.8 Å². The fourth-order valence-corrected chi connectivity index (χ4v) is 4.22. The van der Waals surface area contributed by atoms with E-state index >= 15 is 0 Å². The Balaban J connectivity index is 1.33. The molecule has 34 heavy (non-hydrogen) atoms. The Bertz CT molecular complexity index is 1120. The van der Waals surface area contributed by atoms with E-state index in [9.17, 15) is 19.2 Å². The third-order valence-electron chi connectivity index (χ3n) is 6.08. The summed E-state index contributed by atoms with van der Waals surface area (Å²) in [7, 11) is 0. The highest BCUT2D eigenvalue weighted by molar-refractivity contribution is 6.22. The summed E-state index contributed by atoms with van der Waals surface area (Å²) < 4.78 is 5.40. The van der Waals surface area contributed by atoms with Crippen molar-refractivity contribution in [2.24, 2.45) is 0 Å². The lowest BCUT2D eigenvalue weighted by atomic mass is 10.1. The van der Waals surface area contributed by atoms with E-state index in [-0.39, 0.29) is 29.1 Å². The molecule has 0 spiro atoms. The average molecular weight is 462 g/mol. The lowest BCUT2D eigenvalue weighted by Gasteiger charge is -2.35. The molecule has 0 saturated carbocycles. The fourth-order valence-electron chi connectivity index (χ4n) is 4.22. The van der Waals surface area contributed by atoms with Crippen molar-refractivity contribution in [1.82, 2.24) is 14.7 Å². The number of ether oxygens (including phenoxy) is 1. The third kappa shape index (κ3) is 4.77. The molecule has 8 heteroatoms. The number of imide groups is 1. The molecule has 0 N–H and O–H groups in total. The maximum atomic E-state index is 12.8. The minimum atomic E-state index is -0.962. The van der Waals surface area contributed by atoms with E-state index in [1.807, 2.05) is 18.2 Å². The van der Waals surface area contributed by atoms with Crippen molar-refractivity contribution < 1.29 is 23.9 Å². The van der Waals surface area contributed by atoms with Crippen LogP contribution in [0.25, 0.3) is 0 Å². The van der Waals surface area contributed by atoms with Crippen molar-refractivity contribution in [3.63, 3.8) is 0 Å². The number of rotatable bonds is 7. The summed E-state index contributed by atoms with van der Waals surface area (Å²) in [6.07, 6.45) is 0.502. The van der Waals surface area contributed by atoms with Crippen molar-refractivity contribution in [3.8, 4) is 0 Å². The van der Waals surface area contributed by atoms with Crippen molar-refractivity contribution >= 4 is 23.7 Å². The van der Waals surface area contributed by atoms with E-state index in [0.717, 1.165) is 24.5 Å². The van der Waals surface area contributed by atoms with Gasteiger partial charge in [-0.15, -0.1) is 6.58 Å². The van der Waals surface area contributed by atoms with Gasteiger partial charge in [0.15, 0.2) is 6.10 Å². The molecular weight excluding hydrogens is 434 g/mol. The summed E-state index contributed by atoms with van der Waals surface area (Å²) in [5, 5.41) is 0. The molecular formula is C26H27N3O5. The van der Waals surface area contributed by atoms with Crippen LogP contribution in [0.3, 0.4) is 0 Å². The molecule has 0 bridgehead atoms. The molecule has 4 rings (SSSR count). The predicted molar refractivity (Wildman–Crippen MR) is 125 cm³/mol. The summed E-state index contributed by atoms with van der Waals surface area (Å²) >= 11 is 0. The molecule has 2 heterocycles. The lowest BCUT2D eigenvalue weighted by molar-refractivity contribution is -0.141. The first kappa shape index (κ1) is 23.4. The van der Waals surface area contributed by atoms with Crippen molar-refractivity contribution in [1.29, 1.82) is 0 Å². The van der Waals surface area contributed by atoms with Crippen LogP contribution in [0.15, 0.2) is 61.2 Å². The molecule has 2 aliphatic heterocycles. The van der Waals surface area contributed by atoms with Crippen LogP contribution in [0.1, 0.15) is 43.6 Å². The number of piperazine rings is 1. The van der Waals surface area contributed by atoms with E-state index in [1.165, 1.54) is 29.8 Å². The summed E-state index contributed by atoms with van der Waals surface area (Å²) in [5.41, 5.74) is 1.73. The number of amides is 3. The van der Waals surface area contributed by atoms with Gasteiger partial charge in [0.05, 0.1) is 16.7 Å². The third-order valence-corrected chi connectivity index (χ3v) is 6.08. The summed E-state index contributed by atoms with van der Waals surface area (Å²) in [4.78, 5) is 55.4. The van der Waals surface area contributed by atoms with Gasteiger partial charge in [0.1, 0.15) is 0 Å². The zero-order valence-corrected chi connectivity index (χ0v) is 19.1. The first-order valence-corrected chi connectivity index (χ1v) is 11.3. The fraction of sp³-hybridized carbons (Fsp3) is 0.308. The van der Waals surface area contributed by atoms with Crippen LogP contribution in [0, 0.1) is 0 Å². The minimum Gasteiger partial charge on any atom is -0.449 e. The van der Waals surface area contributed by atoms with Gasteiger partial charge in [-0.2, -0.15) is 0 Å². The van der Waals surface area contributed by atoms with Crippen LogP contribution < -0.4 is 0 Å². The molecule has 0 radical (unpaired) electrons. The molecule has 0 unspecified atom stereocenters. The normalized spacial score (nSPS) is 16.9. The highest BCUT2D eigenvalue weighted by Gasteiger charge is 2.35. The van der Waals surface area contributed by atoms with Gasteiger partial charge in [0.2, 0.25) is 0 Å². The van der Waals surface area contributed by atoms with Crippen LogP contribution in [-0.2, 0) is 16.1 Å². The topological polar surface area (TPSA) is 87.2 Å². The molecule has 2 aliphatic rings. The maximum Gasteiger partial charge on any atom is 0.338 e. The van der Waals surface area contributed by atoms with Crippen molar-refractivity contribution in [3.05, 3.63) is 83.4 Å². The second kappa shape index (κ2) is 10.0. The second-order valence-electron chi connectivity index (χ2n) is 8.40. The van der Waals surface area contributed by atoms with Gasteiger partial charge in [0, 0.05) is 39.3 Å². The number of hydrogen-bond acceptors (Lipinski definition) is 6. The largest absolute Gasteiger partial charge is 0.449 e. The smallest absolute Gasteiger partial charge is 0.338 e. The lowest BCUT2D eigenvalue weighted by Crippen LogP contribution is -2.51. The molecule has 1 saturated heterocycles. The standard InChI is InChI=1S/C26H27N3O5/c1-3-11-29-24(31)21-10-9-20(16-22(21)25(29)32)26(33)34-18(2)23(30)28-14-12-27(13-15-28)17-19-7-5-4-6-8-19/h3-10,16,18H,1,11-15,17H2,2H3/t18-/m0/s1. The minimum absolute atomic E-state index is 0.0935. The van der Waals surface area contributed by atoms with E-state index in [0.29, 0.717) is 13.1 Å². The van der Waals surface area contributed by atoms with E-state index in [2.05, 4.69) is 23.6 Å². The Morgan fingerprint density at radius 1 is 1.00 bits per heavy atom. The average Bonchev–Trinajstić information content (AvgIpc) is 3.09. The van der Waals surface area contributed by atoms with Gasteiger partial charge in [-0.05, 0) is 30.7 Å². The predicted octanol–water partition coefficient (Wildman–Crippen LogP) is 2.36. The zero-order chi connectivity index (χ0) is 24.2. The Morgan fingerprint density at radius 3 is 2.35 bits per heavy atom. The maximum absolute atomic E-state index is 12.8. The van der Waals surface area contributed by atoms with Crippen LogP contribution in [0.4, 0.5) is 0 Å². The first-order chi connectivity index (χ1) is 16.4. The number of carbonyl (C=O) groups excluding carboxylic acids is 4. The summed E-state index contributed by atoms with van der Waals surface area (Å²) in [6, 6.07) is 14.4. The highest BCUT2D eigenvalue weighted by atomic mass is 16.5. The molecule has 2 aromatic rings. The first-order valence-electron chi connectivity index (χ1n) is 11.3. The van der Waals surface area contributed by atoms with E-state index < -0.39 is 23.9 Å². The second-order valence-corrected chi connectivity index (χ2v) is 8.40.